The molecule has 4 aromatic rings. The lowest BCUT2D eigenvalue weighted by Gasteiger charge is -2.29. The molecule has 0 radical (unpaired) electrons. The smallest absolute Gasteiger partial charge is 0.308 e. The Hall–Kier alpha value is -4.37. The topological polar surface area (TPSA) is 168 Å². The van der Waals surface area contributed by atoms with Gasteiger partial charge in [0, 0.05) is 47.5 Å². The highest BCUT2D eigenvalue weighted by Crippen LogP contribution is 2.45. The number of sulfonamides is 1. The van der Waals surface area contributed by atoms with E-state index < -0.39 is 45.3 Å². The van der Waals surface area contributed by atoms with Crippen LogP contribution in [0.4, 0.5) is 11.6 Å². The third-order valence-corrected chi connectivity index (χ3v) is 11.0. The van der Waals surface area contributed by atoms with Gasteiger partial charge >= 0.3 is 5.97 Å². The van der Waals surface area contributed by atoms with E-state index in [0.717, 1.165) is 21.0 Å². The molecule has 2 amide bonds. The number of rotatable bonds is 10. The highest BCUT2D eigenvalue weighted by atomic mass is 35.5. The standard InChI is InChI=1S/C32H31Cl2N7O6S/c1-19(29(43)44)14-37-28(42)26-4-3-9-39(26)48(46,47)27-17-38-31-40(25-11-23(33)10-24(34)12-25)30(45)32(2,41(27)31)13-20-5-7-21(8-6-20)22-15-35-18-36-16-22/h5-8,10-12,15-19,26H,3-4,9,13-14H2,1-2H3,(H,37,42)(H,43,44)/t19?,26-,32+/m0/s1. The van der Waals surface area contributed by atoms with Gasteiger partial charge in [-0.3, -0.25) is 19.0 Å². The number of hydrogen-bond donors (Lipinski definition) is 2. The molecular weight excluding hydrogens is 681 g/mol. The number of aliphatic carboxylic acids is 1. The first kappa shape index (κ1) is 33.5. The molecule has 1 unspecified atom stereocenters. The molecule has 2 aliphatic rings. The summed E-state index contributed by atoms with van der Waals surface area (Å²) in [6, 6.07) is 11.0. The molecule has 2 aliphatic heterocycles. The van der Waals surface area contributed by atoms with Crippen molar-refractivity contribution in [2.45, 2.75) is 49.7 Å². The van der Waals surface area contributed by atoms with Crippen molar-refractivity contribution in [1.29, 1.82) is 0 Å². The van der Waals surface area contributed by atoms with Gasteiger partial charge in [0.25, 0.3) is 15.9 Å². The average molecular weight is 713 g/mol. The van der Waals surface area contributed by atoms with E-state index in [2.05, 4.69) is 20.3 Å². The monoisotopic (exact) mass is 711 g/mol. The minimum atomic E-state index is -4.41. The zero-order valence-corrected chi connectivity index (χ0v) is 28.2. The van der Waals surface area contributed by atoms with E-state index >= 15 is 0 Å². The highest BCUT2D eigenvalue weighted by molar-refractivity contribution is 7.89. The summed E-state index contributed by atoms with van der Waals surface area (Å²) >= 11 is 12.6. The maximum Gasteiger partial charge on any atom is 0.308 e. The van der Waals surface area contributed by atoms with E-state index in [0.29, 0.717) is 12.1 Å². The molecule has 6 rings (SSSR count). The zero-order chi connectivity index (χ0) is 34.4. The number of carboxylic acids is 1. The molecule has 1 fully saturated rings. The van der Waals surface area contributed by atoms with Gasteiger partial charge in [-0.1, -0.05) is 54.4 Å². The molecule has 1 saturated heterocycles. The number of nitrogens with zero attached hydrogens (tertiary/aromatic N) is 6. The summed E-state index contributed by atoms with van der Waals surface area (Å²) in [5.74, 6) is -2.94. The number of carbonyl (C=O) groups is 3. The van der Waals surface area contributed by atoms with Crippen LogP contribution >= 0.6 is 23.2 Å². The van der Waals surface area contributed by atoms with Crippen LogP contribution in [0.3, 0.4) is 0 Å². The Kier molecular flexibility index (Phi) is 9.02. The Balaban J connectivity index is 1.40. The predicted octanol–water partition coefficient (Wildman–Crippen LogP) is 4.27. The minimum Gasteiger partial charge on any atom is -0.481 e. The van der Waals surface area contributed by atoms with E-state index in [1.54, 1.807) is 31.5 Å². The molecule has 4 heterocycles. The Morgan fingerprint density at radius 3 is 2.38 bits per heavy atom. The lowest BCUT2D eigenvalue weighted by molar-refractivity contribution is -0.141. The fourth-order valence-electron chi connectivity index (χ4n) is 6.14. The van der Waals surface area contributed by atoms with Crippen LogP contribution in [0.25, 0.3) is 11.1 Å². The molecule has 48 heavy (non-hydrogen) atoms. The fourth-order valence-corrected chi connectivity index (χ4v) is 8.50. The number of hydrogen-bond acceptors (Lipinski definition) is 8. The summed E-state index contributed by atoms with van der Waals surface area (Å²) in [6.45, 7) is 2.99. The largest absolute Gasteiger partial charge is 0.481 e. The van der Waals surface area contributed by atoms with Gasteiger partial charge in [0.1, 0.15) is 17.9 Å². The van der Waals surface area contributed by atoms with E-state index in [1.807, 2.05) is 24.3 Å². The van der Waals surface area contributed by atoms with Gasteiger partial charge in [0.2, 0.25) is 11.9 Å². The zero-order valence-electron chi connectivity index (χ0n) is 25.9. The fraction of sp³-hybridized carbons (Fsp3) is 0.312. The van der Waals surface area contributed by atoms with Crippen LogP contribution in [0.5, 0.6) is 0 Å². The molecule has 0 aliphatic carbocycles. The van der Waals surface area contributed by atoms with Gasteiger partial charge in [-0.25, -0.2) is 28.3 Å². The minimum absolute atomic E-state index is 0.0490. The number of fused-ring (bicyclic) bond motifs is 1. The molecule has 3 atom stereocenters. The molecule has 2 aromatic carbocycles. The van der Waals surface area contributed by atoms with Gasteiger partial charge in [-0.15, -0.1) is 0 Å². The van der Waals surface area contributed by atoms with E-state index in [1.165, 1.54) is 35.0 Å². The first-order chi connectivity index (χ1) is 22.8. The molecular formula is C32H31Cl2N7O6S. The summed E-state index contributed by atoms with van der Waals surface area (Å²) < 4.78 is 31.3. The van der Waals surface area contributed by atoms with E-state index in [4.69, 9.17) is 23.2 Å². The molecule has 0 spiro atoms. The molecule has 13 nitrogen and oxygen atoms in total. The van der Waals surface area contributed by atoms with Gasteiger partial charge < -0.3 is 10.4 Å². The van der Waals surface area contributed by atoms with Crippen molar-refractivity contribution in [2.24, 2.45) is 5.92 Å². The normalized spacial score (nSPS) is 20.1. The molecule has 2 aromatic heterocycles. The molecule has 2 N–H and O–H groups in total. The Labute approximate surface area is 286 Å². The second-order valence-electron chi connectivity index (χ2n) is 12.0. The Morgan fingerprint density at radius 1 is 1.06 bits per heavy atom. The van der Waals surface area contributed by atoms with Crippen molar-refractivity contribution in [2.75, 3.05) is 18.0 Å². The van der Waals surface area contributed by atoms with Crippen LogP contribution < -0.4 is 10.2 Å². The van der Waals surface area contributed by atoms with Crippen LogP contribution in [0.1, 0.15) is 32.3 Å². The third kappa shape index (κ3) is 6.04. The number of halogens is 2. The quantitative estimate of drug-likeness (QED) is 0.244. The number of amides is 2. The number of imidazole rings is 1. The number of anilines is 2. The predicted molar refractivity (Wildman–Crippen MR) is 177 cm³/mol. The summed E-state index contributed by atoms with van der Waals surface area (Å²) in [4.78, 5) is 52.8. The number of carboxylic acid groups (broad SMARTS) is 1. The first-order valence-electron chi connectivity index (χ1n) is 15.1. The lowest BCUT2D eigenvalue weighted by Crippen LogP contribution is -2.48. The Morgan fingerprint density at radius 2 is 1.73 bits per heavy atom. The summed E-state index contributed by atoms with van der Waals surface area (Å²) in [5.41, 5.74) is 1.23. The third-order valence-electron chi connectivity index (χ3n) is 8.65. The molecule has 0 bridgehead atoms. The number of carbonyl (C=O) groups excluding carboxylic acids is 2. The second kappa shape index (κ2) is 12.9. The van der Waals surface area contributed by atoms with Gasteiger partial charge in [-0.05, 0) is 49.1 Å². The van der Waals surface area contributed by atoms with Crippen molar-refractivity contribution in [3.63, 3.8) is 0 Å². The van der Waals surface area contributed by atoms with E-state index in [9.17, 15) is 27.9 Å². The van der Waals surface area contributed by atoms with Crippen LogP contribution in [-0.2, 0) is 36.4 Å². The maximum absolute atomic E-state index is 14.5. The first-order valence-corrected chi connectivity index (χ1v) is 17.3. The van der Waals surface area contributed by atoms with Crippen LogP contribution in [0, 0.1) is 5.92 Å². The lowest BCUT2D eigenvalue weighted by atomic mass is 9.91. The van der Waals surface area contributed by atoms with E-state index in [-0.39, 0.29) is 47.0 Å². The van der Waals surface area contributed by atoms with Gasteiger partial charge in [0.05, 0.1) is 17.8 Å². The SMILES string of the molecule is CC(CNC(=O)[C@@H]1CCCN1S(=O)(=O)c1cnc2n1[C@](C)(Cc1ccc(-c3cncnc3)cc1)C(=O)N2c1cc(Cl)cc(Cl)c1)C(=O)O. The maximum atomic E-state index is 14.5. The van der Waals surface area contributed by atoms with Gasteiger partial charge in [-0.2, -0.15) is 4.31 Å². The summed E-state index contributed by atoms with van der Waals surface area (Å²) in [7, 11) is -4.41. The van der Waals surface area contributed by atoms with Crippen LogP contribution in [-0.4, -0.2) is 74.3 Å². The number of aromatic nitrogens is 4. The Bertz CT molecular complexity index is 1990. The van der Waals surface area contributed by atoms with Crippen LogP contribution in [0.15, 0.2) is 72.4 Å². The molecule has 0 saturated carbocycles. The van der Waals surface area contributed by atoms with Crippen molar-refractivity contribution in [3.05, 3.63) is 83.0 Å². The van der Waals surface area contributed by atoms with Crippen molar-refractivity contribution in [3.8, 4) is 11.1 Å². The average Bonchev–Trinajstić information content (AvgIpc) is 3.77. The number of benzene rings is 2. The highest BCUT2D eigenvalue weighted by Gasteiger charge is 2.53. The summed E-state index contributed by atoms with van der Waals surface area (Å²) in [6.07, 6.45) is 6.74. The second-order valence-corrected chi connectivity index (χ2v) is 14.7. The summed E-state index contributed by atoms with van der Waals surface area (Å²) in [5, 5.41) is 12.1. The van der Waals surface area contributed by atoms with Crippen molar-refractivity contribution >= 4 is 62.6 Å². The van der Waals surface area contributed by atoms with Crippen LogP contribution in [0.2, 0.25) is 10.0 Å². The van der Waals surface area contributed by atoms with Gasteiger partial charge in [0.15, 0.2) is 5.03 Å². The number of nitrogens with one attached hydrogen (secondary N) is 1. The molecule has 250 valence electrons. The van der Waals surface area contributed by atoms with Crippen molar-refractivity contribution in [1.82, 2.24) is 29.1 Å². The van der Waals surface area contributed by atoms with Crippen molar-refractivity contribution < 1.29 is 27.9 Å². The molecule has 16 heteroatoms.